The zero-order valence-corrected chi connectivity index (χ0v) is 16.8. The first-order valence-corrected chi connectivity index (χ1v) is 9.97. The molecule has 3 rings (SSSR count). The highest BCUT2D eigenvalue weighted by molar-refractivity contribution is 7.80. The molecule has 0 saturated carbocycles. The van der Waals surface area contributed by atoms with E-state index in [1.165, 1.54) is 25.9 Å². The zero-order valence-electron chi connectivity index (χ0n) is 15.2. The van der Waals surface area contributed by atoms with Crippen LogP contribution in [0.15, 0.2) is 41.0 Å². The zero-order chi connectivity index (χ0) is 18.4. The van der Waals surface area contributed by atoms with Gasteiger partial charge in [-0.1, -0.05) is 11.6 Å². The first kappa shape index (κ1) is 19.2. The Kier molecular flexibility index (Phi) is 6.94. The van der Waals surface area contributed by atoms with Crippen molar-refractivity contribution in [1.82, 2.24) is 9.80 Å². The van der Waals surface area contributed by atoms with E-state index >= 15 is 0 Å². The summed E-state index contributed by atoms with van der Waals surface area (Å²) in [6, 6.07) is 9.77. The van der Waals surface area contributed by atoms with Gasteiger partial charge in [0.15, 0.2) is 5.11 Å². The second kappa shape index (κ2) is 9.40. The molecule has 6 heteroatoms. The third-order valence-electron chi connectivity index (χ3n) is 4.72. The summed E-state index contributed by atoms with van der Waals surface area (Å²) in [5.41, 5.74) is 1.99. The average molecular weight is 392 g/mol. The number of rotatable bonds is 7. The van der Waals surface area contributed by atoms with Crippen LogP contribution >= 0.6 is 23.8 Å². The van der Waals surface area contributed by atoms with Crippen LogP contribution in [0.3, 0.4) is 0 Å². The molecule has 26 heavy (non-hydrogen) atoms. The second-order valence-corrected chi connectivity index (χ2v) is 7.59. The average Bonchev–Trinajstić information content (AvgIpc) is 3.31. The van der Waals surface area contributed by atoms with Gasteiger partial charge in [0.05, 0.1) is 12.8 Å². The molecular formula is C20H26ClN3OS. The lowest BCUT2D eigenvalue weighted by atomic mass is 10.2. The fourth-order valence-electron chi connectivity index (χ4n) is 3.26. The molecule has 0 amide bonds. The van der Waals surface area contributed by atoms with Gasteiger partial charge < -0.3 is 19.5 Å². The number of aryl methyl sites for hydroxylation is 1. The fourth-order valence-corrected chi connectivity index (χ4v) is 3.65. The Morgan fingerprint density at radius 3 is 2.81 bits per heavy atom. The normalized spacial score (nSPS) is 14.5. The smallest absolute Gasteiger partial charge is 0.173 e. The molecule has 4 nitrogen and oxygen atoms in total. The van der Waals surface area contributed by atoms with E-state index in [4.69, 9.17) is 28.2 Å². The number of nitrogens with one attached hydrogen (secondary N) is 1. The fraction of sp³-hybridized carbons (Fsp3) is 0.450. The van der Waals surface area contributed by atoms with Gasteiger partial charge in [0, 0.05) is 17.3 Å². The van der Waals surface area contributed by atoms with E-state index in [0.717, 1.165) is 41.5 Å². The van der Waals surface area contributed by atoms with Crippen LogP contribution in [0.1, 0.15) is 30.6 Å². The highest BCUT2D eigenvalue weighted by Gasteiger charge is 2.15. The van der Waals surface area contributed by atoms with Gasteiger partial charge in [-0.05, 0) is 93.9 Å². The standard InChI is InChI=1S/C20H26ClN3OS/c1-16-14-17(7-8-19(16)21)22-20(26)24(15-18-6-4-13-25-18)12-5-11-23-9-2-3-10-23/h4,6-8,13-14H,2-3,5,9-12,15H2,1H3,(H,22,26). The first-order chi connectivity index (χ1) is 12.6. The summed E-state index contributed by atoms with van der Waals surface area (Å²) < 4.78 is 5.52. The van der Waals surface area contributed by atoms with Crippen molar-refractivity contribution in [2.75, 3.05) is 31.5 Å². The van der Waals surface area contributed by atoms with Gasteiger partial charge in [-0.3, -0.25) is 0 Å². The molecule has 0 spiro atoms. The molecule has 1 aromatic carbocycles. The minimum Gasteiger partial charge on any atom is -0.467 e. The van der Waals surface area contributed by atoms with E-state index in [2.05, 4.69) is 15.1 Å². The van der Waals surface area contributed by atoms with Crippen molar-refractivity contribution >= 4 is 34.6 Å². The minimum atomic E-state index is 0.672. The van der Waals surface area contributed by atoms with Crippen LogP contribution in [-0.2, 0) is 6.54 Å². The summed E-state index contributed by atoms with van der Waals surface area (Å²) in [6.45, 7) is 7.14. The molecule has 1 N–H and O–H groups in total. The van der Waals surface area contributed by atoms with E-state index in [1.54, 1.807) is 6.26 Å². The van der Waals surface area contributed by atoms with E-state index in [9.17, 15) is 0 Å². The van der Waals surface area contributed by atoms with Crippen molar-refractivity contribution in [2.24, 2.45) is 0 Å². The Morgan fingerprint density at radius 1 is 1.31 bits per heavy atom. The molecule has 0 atom stereocenters. The van der Waals surface area contributed by atoms with Crippen molar-refractivity contribution in [1.29, 1.82) is 0 Å². The molecule has 1 aliphatic rings. The van der Waals surface area contributed by atoms with Crippen molar-refractivity contribution in [3.63, 3.8) is 0 Å². The quantitative estimate of drug-likeness (QED) is 0.676. The summed E-state index contributed by atoms with van der Waals surface area (Å²) in [5, 5.41) is 4.82. The number of likely N-dealkylation sites (tertiary alicyclic amines) is 1. The van der Waals surface area contributed by atoms with Crippen molar-refractivity contribution < 1.29 is 4.42 Å². The van der Waals surface area contributed by atoms with Gasteiger partial charge in [-0.15, -0.1) is 0 Å². The molecule has 0 radical (unpaired) electrons. The Hall–Kier alpha value is -1.56. The third kappa shape index (κ3) is 5.47. The minimum absolute atomic E-state index is 0.672. The van der Waals surface area contributed by atoms with E-state index in [1.807, 2.05) is 37.3 Å². The van der Waals surface area contributed by atoms with Crippen LogP contribution in [0.2, 0.25) is 5.02 Å². The Balaban J connectivity index is 1.60. The number of benzene rings is 1. The molecule has 0 bridgehead atoms. The van der Waals surface area contributed by atoms with Gasteiger partial charge >= 0.3 is 0 Å². The van der Waals surface area contributed by atoms with Crippen LogP contribution in [0.25, 0.3) is 0 Å². The Bertz CT molecular complexity index is 714. The first-order valence-electron chi connectivity index (χ1n) is 9.18. The summed E-state index contributed by atoms with van der Waals surface area (Å²) in [4.78, 5) is 4.71. The maximum Gasteiger partial charge on any atom is 0.173 e. The Morgan fingerprint density at radius 2 is 2.12 bits per heavy atom. The lowest BCUT2D eigenvalue weighted by molar-refractivity contribution is 0.298. The van der Waals surface area contributed by atoms with Gasteiger partial charge in [-0.2, -0.15) is 0 Å². The van der Waals surface area contributed by atoms with Crippen molar-refractivity contribution in [3.8, 4) is 0 Å². The molecule has 2 heterocycles. The highest BCUT2D eigenvalue weighted by Crippen LogP contribution is 2.20. The van der Waals surface area contributed by atoms with Crippen LogP contribution < -0.4 is 5.32 Å². The summed E-state index contributed by atoms with van der Waals surface area (Å²) in [5.74, 6) is 0.919. The predicted molar refractivity (Wildman–Crippen MR) is 112 cm³/mol. The lowest BCUT2D eigenvalue weighted by Gasteiger charge is -2.26. The highest BCUT2D eigenvalue weighted by atomic mass is 35.5. The molecule has 0 aliphatic carbocycles. The van der Waals surface area contributed by atoms with Crippen LogP contribution in [0.4, 0.5) is 5.69 Å². The summed E-state index contributed by atoms with van der Waals surface area (Å²) in [6.07, 6.45) is 5.44. The lowest BCUT2D eigenvalue weighted by Crippen LogP contribution is -2.36. The molecule has 140 valence electrons. The molecule has 1 saturated heterocycles. The van der Waals surface area contributed by atoms with E-state index in [-0.39, 0.29) is 0 Å². The van der Waals surface area contributed by atoms with E-state index in [0.29, 0.717) is 11.7 Å². The van der Waals surface area contributed by atoms with E-state index < -0.39 is 0 Å². The van der Waals surface area contributed by atoms with Gasteiger partial charge in [0.2, 0.25) is 0 Å². The van der Waals surface area contributed by atoms with Gasteiger partial charge in [0.1, 0.15) is 5.76 Å². The van der Waals surface area contributed by atoms with Crippen LogP contribution in [-0.4, -0.2) is 41.1 Å². The van der Waals surface area contributed by atoms with Gasteiger partial charge in [0.25, 0.3) is 0 Å². The van der Waals surface area contributed by atoms with Crippen LogP contribution in [0.5, 0.6) is 0 Å². The number of hydrogen-bond donors (Lipinski definition) is 1. The second-order valence-electron chi connectivity index (χ2n) is 6.80. The van der Waals surface area contributed by atoms with Gasteiger partial charge in [-0.25, -0.2) is 0 Å². The van der Waals surface area contributed by atoms with Crippen molar-refractivity contribution in [2.45, 2.75) is 32.7 Å². The topological polar surface area (TPSA) is 31.6 Å². The molecular weight excluding hydrogens is 366 g/mol. The predicted octanol–water partition coefficient (Wildman–Crippen LogP) is 4.93. The molecule has 1 aliphatic heterocycles. The monoisotopic (exact) mass is 391 g/mol. The van der Waals surface area contributed by atoms with Crippen LogP contribution in [0, 0.1) is 6.92 Å². The Labute approximate surface area is 166 Å². The molecule has 2 aromatic rings. The maximum absolute atomic E-state index is 6.12. The largest absolute Gasteiger partial charge is 0.467 e. The number of thiocarbonyl (C=S) groups is 1. The summed E-state index contributed by atoms with van der Waals surface area (Å²) in [7, 11) is 0. The SMILES string of the molecule is Cc1cc(NC(=S)N(CCCN2CCCC2)Cc2ccco2)ccc1Cl. The third-order valence-corrected chi connectivity index (χ3v) is 5.51. The number of anilines is 1. The number of hydrogen-bond acceptors (Lipinski definition) is 3. The number of furan rings is 1. The molecule has 1 fully saturated rings. The number of nitrogens with zero attached hydrogens (tertiary/aromatic N) is 2. The summed E-state index contributed by atoms with van der Waals surface area (Å²) >= 11 is 11.8. The number of halogens is 1. The van der Waals surface area contributed by atoms with Crippen molar-refractivity contribution in [3.05, 3.63) is 52.9 Å². The maximum atomic E-state index is 6.12. The molecule has 0 unspecified atom stereocenters. The molecule has 1 aromatic heterocycles.